The van der Waals surface area contributed by atoms with Crippen LogP contribution in [0.2, 0.25) is 0 Å². The van der Waals surface area contributed by atoms with Gasteiger partial charge in [0.2, 0.25) is 0 Å². The van der Waals surface area contributed by atoms with Crippen molar-refractivity contribution in [1.29, 1.82) is 0 Å². The molecule has 20 heavy (non-hydrogen) atoms. The van der Waals surface area contributed by atoms with Crippen LogP contribution in [0.15, 0.2) is 22.7 Å². The van der Waals surface area contributed by atoms with Gasteiger partial charge >= 0.3 is 0 Å². The van der Waals surface area contributed by atoms with Crippen LogP contribution in [0.25, 0.3) is 11.4 Å². The molecule has 1 aliphatic rings. The lowest BCUT2D eigenvalue weighted by Crippen LogP contribution is -2.12. The van der Waals surface area contributed by atoms with Crippen LogP contribution in [0.4, 0.5) is 0 Å². The van der Waals surface area contributed by atoms with Crippen LogP contribution < -0.4 is 4.74 Å². The highest BCUT2D eigenvalue weighted by molar-refractivity contribution is 9.10. The van der Waals surface area contributed by atoms with Crippen LogP contribution in [0.3, 0.4) is 0 Å². The van der Waals surface area contributed by atoms with E-state index in [9.17, 15) is 4.79 Å². The maximum absolute atomic E-state index is 11.2. The lowest BCUT2D eigenvalue weighted by molar-refractivity contribution is 0.111. The molecule has 0 unspecified atom stereocenters. The minimum Gasteiger partial charge on any atom is -0.496 e. The van der Waals surface area contributed by atoms with E-state index in [-0.39, 0.29) is 0 Å². The quantitative estimate of drug-likeness (QED) is 0.807. The number of ether oxygens (including phenoxy) is 1. The van der Waals surface area contributed by atoms with Crippen LogP contribution in [0, 0.1) is 0 Å². The van der Waals surface area contributed by atoms with Gasteiger partial charge < -0.3 is 9.30 Å². The molecule has 0 atom stereocenters. The Kier molecular flexibility index (Phi) is 3.61. The average molecular weight is 335 g/mol. The number of rotatable bonds is 3. The summed E-state index contributed by atoms with van der Waals surface area (Å²) in [4.78, 5) is 15.8. The molecule has 1 aromatic heterocycles. The number of hydrogen-bond donors (Lipinski definition) is 0. The summed E-state index contributed by atoms with van der Waals surface area (Å²) in [6.07, 6.45) is 4.00. The standard InChI is InChI=1S/C15H15BrN2O2/c1-20-14-6-5-10(16)8-11(14)15-17-12(9-19)13-4-2-3-7-18(13)15/h5-6,8-9H,2-4,7H2,1H3. The molecule has 0 fully saturated rings. The van der Waals surface area contributed by atoms with Gasteiger partial charge in [-0.15, -0.1) is 0 Å². The third-order valence-electron chi connectivity index (χ3n) is 3.66. The van der Waals surface area contributed by atoms with Gasteiger partial charge in [-0.3, -0.25) is 4.79 Å². The monoisotopic (exact) mass is 334 g/mol. The summed E-state index contributed by atoms with van der Waals surface area (Å²) in [7, 11) is 1.65. The third kappa shape index (κ3) is 2.16. The first kappa shape index (κ1) is 13.4. The molecule has 1 aromatic carbocycles. The highest BCUT2D eigenvalue weighted by atomic mass is 79.9. The molecule has 0 radical (unpaired) electrons. The molecule has 0 saturated heterocycles. The molecule has 3 rings (SSSR count). The van der Waals surface area contributed by atoms with Gasteiger partial charge in [0.1, 0.15) is 17.3 Å². The van der Waals surface area contributed by atoms with E-state index >= 15 is 0 Å². The number of aldehydes is 1. The minimum absolute atomic E-state index is 0.557. The first-order valence-electron chi connectivity index (χ1n) is 6.63. The fourth-order valence-corrected chi connectivity index (χ4v) is 3.09. The predicted molar refractivity (Wildman–Crippen MR) is 80.2 cm³/mol. The Bertz CT molecular complexity index is 664. The van der Waals surface area contributed by atoms with Gasteiger partial charge in [-0.05, 0) is 37.5 Å². The van der Waals surface area contributed by atoms with Crippen molar-refractivity contribution < 1.29 is 9.53 Å². The smallest absolute Gasteiger partial charge is 0.170 e. The number of halogens is 1. The molecule has 2 aromatic rings. The van der Waals surface area contributed by atoms with Crippen molar-refractivity contribution in [3.8, 4) is 17.1 Å². The molecule has 0 bridgehead atoms. The van der Waals surface area contributed by atoms with Crippen molar-refractivity contribution in [2.24, 2.45) is 0 Å². The van der Waals surface area contributed by atoms with Gasteiger partial charge in [0.25, 0.3) is 0 Å². The Labute approximate surface area is 125 Å². The van der Waals surface area contributed by atoms with Crippen molar-refractivity contribution in [1.82, 2.24) is 9.55 Å². The molecule has 0 N–H and O–H groups in total. The van der Waals surface area contributed by atoms with Crippen molar-refractivity contribution in [3.63, 3.8) is 0 Å². The molecule has 0 amide bonds. The van der Waals surface area contributed by atoms with Gasteiger partial charge in [0.15, 0.2) is 6.29 Å². The predicted octanol–water partition coefficient (Wildman–Crippen LogP) is 3.47. The van der Waals surface area contributed by atoms with E-state index in [1.54, 1.807) is 7.11 Å². The number of aromatic nitrogens is 2. The number of carbonyl (C=O) groups is 1. The fourth-order valence-electron chi connectivity index (χ4n) is 2.73. The van der Waals surface area contributed by atoms with E-state index in [0.717, 1.165) is 59.4 Å². The van der Waals surface area contributed by atoms with E-state index in [0.29, 0.717) is 5.69 Å². The summed E-state index contributed by atoms with van der Waals surface area (Å²) in [6.45, 7) is 0.904. The average Bonchev–Trinajstić information content (AvgIpc) is 2.86. The molecule has 0 aliphatic carbocycles. The first-order chi connectivity index (χ1) is 9.74. The number of benzene rings is 1. The zero-order valence-corrected chi connectivity index (χ0v) is 12.8. The molecular weight excluding hydrogens is 320 g/mol. The summed E-state index contributed by atoms with van der Waals surface area (Å²) >= 11 is 3.48. The summed E-state index contributed by atoms with van der Waals surface area (Å²) in [5.41, 5.74) is 2.52. The third-order valence-corrected chi connectivity index (χ3v) is 4.16. The van der Waals surface area contributed by atoms with Gasteiger partial charge in [0.05, 0.1) is 12.7 Å². The van der Waals surface area contributed by atoms with Crippen molar-refractivity contribution in [3.05, 3.63) is 34.1 Å². The van der Waals surface area contributed by atoms with Crippen LogP contribution in [0.5, 0.6) is 5.75 Å². The largest absolute Gasteiger partial charge is 0.496 e. The van der Waals surface area contributed by atoms with Crippen molar-refractivity contribution >= 4 is 22.2 Å². The number of nitrogens with zero attached hydrogens (tertiary/aromatic N) is 2. The first-order valence-corrected chi connectivity index (χ1v) is 7.42. The fraction of sp³-hybridized carbons (Fsp3) is 0.333. The Hall–Kier alpha value is -1.62. The van der Waals surface area contributed by atoms with Crippen molar-refractivity contribution in [2.45, 2.75) is 25.8 Å². The second kappa shape index (κ2) is 5.40. The second-order valence-electron chi connectivity index (χ2n) is 4.84. The lowest BCUT2D eigenvalue weighted by atomic mass is 10.1. The van der Waals surface area contributed by atoms with Crippen LogP contribution in [-0.4, -0.2) is 22.9 Å². The highest BCUT2D eigenvalue weighted by Crippen LogP contribution is 2.34. The topological polar surface area (TPSA) is 44.1 Å². The Morgan fingerprint density at radius 1 is 1.40 bits per heavy atom. The van der Waals surface area contributed by atoms with E-state index in [4.69, 9.17) is 4.74 Å². The zero-order chi connectivity index (χ0) is 14.1. The molecular formula is C15H15BrN2O2. The number of fused-ring (bicyclic) bond motifs is 1. The molecule has 4 nitrogen and oxygen atoms in total. The molecule has 0 spiro atoms. The van der Waals surface area contributed by atoms with Crippen LogP contribution in [-0.2, 0) is 13.0 Å². The Balaban J connectivity index is 2.22. The molecule has 104 valence electrons. The summed E-state index contributed by atoms with van der Waals surface area (Å²) in [5, 5.41) is 0. The van der Waals surface area contributed by atoms with Crippen molar-refractivity contribution in [2.75, 3.05) is 7.11 Å². The second-order valence-corrected chi connectivity index (χ2v) is 5.75. The molecule has 0 saturated carbocycles. The maximum Gasteiger partial charge on any atom is 0.170 e. The van der Waals surface area contributed by atoms with Gasteiger partial charge in [0, 0.05) is 16.7 Å². The minimum atomic E-state index is 0.557. The van der Waals surface area contributed by atoms with Gasteiger partial charge in [-0.25, -0.2) is 4.98 Å². The number of imidazole rings is 1. The summed E-state index contributed by atoms with van der Waals surface area (Å²) < 4.78 is 8.54. The van der Waals surface area contributed by atoms with E-state index in [2.05, 4.69) is 25.5 Å². The number of carbonyl (C=O) groups excluding carboxylic acids is 1. The highest BCUT2D eigenvalue weighted by Gasteiger charge is 2.22. The van der Waals surface area contributed by atoms with E-state index in [1.165, 1.54) is 0 Å². The SMILES string of the molecule is COc1ccc(Br)cc1-c1nc(C=O)c2n1CCCC2. The molecule has 5 heteroatoms. The number of methoxy groups -OCH3 is 1. The Morgan fingerprint density at radius 3 is 3.00 bits per heavy atom. The summed E-state index contributed by atoms with van der Waals surface area (Å²) in [6, 6.07) is 5.82. The van der Waals surface area contributed by atoms with Crippen LogP contribution >= 0.6 is 15.9 Å². The number of hydrogen-bond acceptors (Lipinski definition) is 3. The normalized spacial score (nSPS) is 13.9. The molecule has 2 heterocycles. The maximum atomic E-state index is 11.2. The summed E-state index contributed by atoms with van der Waals surface area (Å²) in [5.74, 6) is 1.59. The van der Waals surface area contributed by atoms with Gasteiger partial charge in [-0.1, -0.05) is 15.9 Å². The van der Waals surface area contributed by atoms with Gasteiger partial charge in [-0.2, -0.15) is 0 Å². The Morgan fingerprint density at radius 2 is 2.25 bits per heavy atom. The van der Waals surface area contributed by atoms with E-state index < -0.39 is 0 Å². The zero-order valence-electron chi connectivity index (χ0n) is 11.2. The van der Waals surface area contributed by atoms with E-state index in [1.807, 2.05) is 18.2 Å². The molecule has 1 aliphatic heterocycles. The van der Waals surface area contributed by atoms with Crippen LogP contribution in [0.1, 0.15) is 29.0 Å². The lowest BCUT2D eigenvalue weighted by Gasteiger charge is -2.18.